The largest absolute Gasteiger partial charge is 0.467 e. The molecule has 25 heavy (non-hydrogen) atoms. The van der Waals surface area contributed by atoms with E-state index in [1.165, 1.54) is 0 Å². The Hall–Kier alpha value is -2.63. The Bertz CT molecular complexity index is 685. The molecule has 1 saturated heterocycles. The van der Waals surface area contributed by atoms with Gasteiger partial charge in [-0.15, -0.1) is 0 Å². The first-order valence-corrected chi connectivity index (χ1v) is 8.69. The van der Waals surface area contributed by atoms with Crippen molar-refractivity contribution in [2.24, 2.45) is 0 Å². The number of nitrogens with zero attached hydrogens (tertiary/aromatic N) is 3. The van der Waals surface area contributed by atoms with Crippen LogP contribution in [0, 0.1) is 0 Å². The van der Waals surface area contributed by atoms with E-state index in [0.717, 1.165) is 30.6 Å². The van der Waals surface area contributed by atoms with Gasteiger partial charge in [0.25, 0.3) is 0 Å². The molecule has 1 fully saturated rings. The van der Waals surface area contributed by atoms with E-state index < -0.39 is 0 Å². The molecule has 0 aliphatic carbocycles. The number of hydrogen-bond donors (Lipinski definition) is 0. The lowest BCUT2D eigenvalue weighted by Gasteiger charge is -2.26. The third-order valence-electron chi connectivity index (χ3n) is 4.37. The third-order valence-corrected chi connectivity index (χ3v) is 4.37. The van der Waals surface area contributed by atoms with Gasteiger partial charge in [0.05, 0.1) is 19.4 Å². The molecule has 2 amide bonds. The summed E-state index contributed by atoms with van der Waals surface area (Å²) in [7, 11) is 0. The minimum Gasteiger partial charge on any atom is -0.467 e. The molecule has 1 aliphatic heterocycles. The fourth-order valence-corrected chi connectivity index (χ4v) is 3.00. The zero-order valence-corrected chi connectivity index (χ0v) is 14.3. The van der Waals surface area contributed by atoms with Crippen molar-refractivity contribution in [3.05, 3.63) is 54.2 Å². The van der Waals surface area contributed by atoms with E-state index in [4.69, 9.17) is 4.42 Å². The second-order valence-corrected chi connectivity index (χ2v) is 6.32. The highest BCUT2D eigenvalue weighted by molar-refractivity contribution is 5.85. The second-order valence-electron chi connectivity index (χ2n) is 6.32. The predicted octanol–water partition coefficient (Wildman–Crippen LogP) is 2.61. The molecule has 1 aliphatic rings. The number of rotatable bonds is 6. The maximum absolute atomic E-state index is 12.9. The Labute approximate surface area is 147 Å². The average Bonchev–Trinajstić information content (AvgIpc) is 3.05. The van der Waals surface area contributed by atoms with E-state index >= 15 is 0 Å². The normalized spacial score (nSPS) is 15.0. The Morgan fingerprint density at radius 2 is 2.12 bits per heavy atom. The standard InChI is InChI=1S/C19H23N3O3/c23-18-8-2-1-3-10-21(18)15-19(24)22(14-17-7-5-11-25-17)13-16-6-4-9-20-12-16/h4-7,9,11-12H,1-3,8,10,13-15H2. The summed E-state index contributed by atoms with van der Waals surface area (Å²) in [5.41, 5.74) is 0.949. The molecule has 0 saturated carbocycles. The van der Waals surface area contributed by atoms with Crippen molar-refractivity contribution in [1.29, 1.82) is 0 Å². The third kappa shape index (κ3) is 4.92. The molecule has 0 aromatic carbocycles. The lowest BCUT2D eigenvalue weighted by molar-refractivity contribution is -0.141. The molecule has 0 spiro atoms. The number of amides is 2. The lowest BCUT2D eigenvalue weighted by Crippen LogP contribution is -2.42. The molecule has 0 radical (unpaired) electrons. The van der Waals surface area contributed by atoms with Gasteiger partial charge in [-0.2, -0.15) is 0 Å². The van der Waals surface area contributed by atoms with E-state index in [-0.39, 0.29) is 18.4 Å². The van der Waals surface area contributed by atoms with Crippen LogP contribution >= 0.6 is 0 Å². The maximum Gasteiger partial charge on any atom is 0.242 e. The van der Waals surface area contributed by atoms with Gasteiger partial charge in [0.1, 0.15) is 5.76 Å². The number of likely N-dealkylation sites (tertiary alicyclic amines) is 1. The Balaban J connectivity index is 1.70. The Kier molecular flexibility index (Phi) is 5.82. The summed E-state index contributed by atoms with van der Waals surface area (Å²) in [6, 6.07) is 7.44. The van der Waals surface area contributed by atoms with E-state index in [0.29, 0.717) is 26.1 Å². The Morgan fingerprint density at radius 1 is 1.20 bits per heavy atom. The van der Waals surface area contributed by atoms with E-state index in [9.17, 15) is 9.59 Å². The fourth-order valence-electron chi connectivity index (χ4n) is 3.00. The molecule has 6 heteroatoms. The summed E-state index contributed by atoms with van der Waals surface area (Å²) in [6.45, 7) is 1.60. The summed E-state index contributed by atoms with van der Waals surface area (Å²) >= 11 is 0. The molecule has 132 valence electrons. The van der Waals surface area contributed by atoms with Crippen LogP contribution in [0.25, 0.3) is 0 Å². The highest BCUT2D eigenvalue weighted by Gasteiger charge is 2.23. The summed E-state index contributed by atoms with van der Waals surface area (Å²) in [5, 5.41) is 0. The molecule has 0 unspecified atom stereocenters. The summed E-state index contributed by atoms with van der Waals surface area (Å²) < 4.78 is 5.39. The van der Waals surface area contributed by atoms with Gasteiger partial charge < -0.3 is 14.2 Å². The van der Waals surface area contributed by atoms with Crippen LogP contribution in [-0.2, 0) is 22.7 Å². The van der Waals surface area contributed by atoms with Crippen LogP contribution in [-0.4, -0.2) is 39.7 Å². The van der Waals surface area contributed by atoms with Crippen LogP contribution in [0.15, 0.2) is 47.3 Å². The first-order valence-electron chi connectivity index (χ1n) is 8.69. The van der Waals surface area contributed by atoms with Crippen molar-refractivity contribution in [3.8, 4) is 0 Å². The number of pyridine rings is 1. The highest BCUT2D eigenvalue weighted by atomic mass is 16.3. The topological polar surface area (TPSA) is 66.7 Å². The van der Waals surface area contributed by atoms with Crippen molar-refractivity contribution in [2.45, 2.75) is 38.8 Å². The summed E-state index contributed by atoms with van der Waals surface area (Å²) in [4.78, 5) is 32.6. The van der Waals surface area contributed by atoms with E-state index in [1.54, 1.807) is 34.5 Å². The number of hydrogen-bond acceptors (Lipinski definition) is 4. The van der Waals surface area contributed by atoms with Crippen molar-refractivity contribution >= 4 is 11.8 Å². The molecule has 0 atom stereocenters. The van der Waals surface area contributed by atoms with Crippen molar-refractivity contribution in [1.82, 2.24) is 14.8 Å². The molecule has 6 nitrogen and oxygen atoms in total. The number of furan rings is 1. The fraction of sp³-hybridized carbons (Fsp3) is 0.421. The van der Waals surface area contributed by atoms with Gasteiger partial charge in [0, 0.05) is 31.9 Å². The molecule has 2 aromatic rings. The molecule has 3 rings (SSSR count). The SMILES string of the molecule is O=C1CCCCCN1CC(=O)N(Cc1cccnc1)Cc1ccco1. The van der Waals surface area contributed by atoms with Crippen molar-refractivity contribution < 1.29 is 14.0 Å². The quantitative estimate of drug-likeness (QED) is 0.810. The molecule has 2 aromatic heterocycles. The van der Waals surface area contributed by atoms with Crippen LogP contribution in [0.3, 0.4) is 0 Å². The molecule has 3 heterocycles. The van der Waals surface area contributed by atoms with Gasteiger partial charge in [-0.25, -0.2) is 0 Å². The maximum atomic E-state index is 12.9. The van der Waals surface area contributed by atoms with Gasteiger partial charge in [-0.3, -0.25) is 14.6 Å². The smallest absolute Gasteiger partial charge is 0.242 e. The number of carbonyl (C=O) groups is 2. The minimum absolute atomic E-state index is 0.0736. The van der Waals surface area contributed by atoms with Crippen LogP contribution in [0.4, 0.5) is 0 Å². The first-order chi connectivity index (χ1) is 12.2. The van der Waals surface area contributed by atoms with Crippen LogP contribution in [0.5, 0.6) is 0 Å². The summed E-state index contributed by atoms with van der Waals surface area (Å²) in [6.07, 6.45) is 8.50. The molecular formula is C19H23N3O3. The van der Waals surface area contributed by atoms with Crippen LogP contribution in [0.1, 0.15) is 37.0 Å². The van der Waals surface area contributed by atoms with Crippen LogP contribution in [0.2, 0.25) is 0 Å². The lowest BCUT2D eigenvalue weighted by atomic mass is 10.2. The second kappa shape index (κ2) is 8.46. The first kappa shape index (κ1) is 17.2. The van der Waals surface area contributed by atoms with E-state index in [2.05, 4.69) is 4.98 Å². The zero-order chi connectivity index (χ0) is 17.5. The van der Waals surface area contributed by atoms with Crippen molar-refractivity contribution in [3.63, 3.8) is 0 Å². The molecular weight excluding hydrogens is 318 g/mol. The monoisotopic (exact) mass is 341 g/mol. The predicted molar refractivity (Wildman–Crippen MR) is 92.2 cm³/mol. The molecule has 0 bridgehead atoms. The zero-order valence-electron chi connectivity index (χ0n) is 14.3. The van der Waals surface area contributed by atoms with Crippen molar-refractivity contribution in [2.75, 3.05) is 13.1 Å². The van der Waals surface area contributed by atoms with Gasteiger partial charge in [0.2, 0.25) is 11.8 Å². The van der Waals surface area contributed by atoms with Crippen LogP contribution < -0.4 is 0 Å². The van der Waals surface area contributed by atoms with E-state index in [1.807, 2.05) is 18.2 Å². The highest BCUT2D eigenvalue weighted by Crippen LogP contribution is 2.14. The number of aromatic nitrogens is 1. The average molecular weight is 341 g/mol. The Morgan fingerprint density at radius 3 is 2.88 bits per heavy atom. The number of carbonyl (C=O) groups excluding carboxylic acids is 2. The minimum atomic E-state index is -0.0736. The van der Waals surface area contributed by atoms with Gasteiger partial charge in [0.15, 0.2) is 0 Å². The van der Waals surface area contributed by atoms with Gasteiger partial charge in [-0.1, -0.05) is 12.5 Å². The summed E-state index contributed by atoms with van der Waals surface area (Å²) in [5.74, 6) is 0.722. The van der Waals surface area contributed by atoms with Gasteiger partial charge >= 0.3 is 0 Å². The molecule has 0 N–H and O–H groups in total. The van der Waals surface area contributed by atoms with Gasteiger partial charge in [-0.05, 0) is 36.6 Å².